The van der Waals surface area contributed by atoms with Gasteiger partial charge in [-0.2, -0.15) is 0 Å². The third kappa shape index (κ3) is 2.66. The lowest BCUT2D eigenvalue weighted by Crippen LogP contribution is -2.28. The molecule has 0 unspecified atom stereocenters. The fourth-order valence-corrected chi connectivity index (χ4v) is 2.74. The summed E-state index contributed by atoms with van der Waals surface area (Å²) in [4.78, 5) is 0. The maximum Gasteiger partial charge on any atom is 0.137 e. The van der Waals surface area contributed by atoms with Crippen LogP contribution in [0.5, 0.6) is 0 Å². The van der Waals surface area contributed by atoms with Gasteiger partial charge in [-0.1, -0.05) is 37.6 Å². The molecule has 3 rings (SSSR count). The molecule has 1 aromatic carbocycles. The number of rotatable bonds is 2. The van der Waals surface area contributed by atoms with Crippen LogP contribution in [0.25, 0.3) is 0 Å². The van der Waals surface area contributed by atoms with Crippen molar-refractivity contribution in [1.82, 2.24) is 14.8 Å². The summed E-state index contributed by atoms with van der Waals surface area (Å²) in [5.41, 5.74) is 1.56. The maximum atomic E-state index is 5.91. The Hall–Kier alpha value is -1.35. The minimum absolute atomic E-state index is 0.337. The Kier molecular flexibility index (Phi) is 3.09. The number of hydrogen-bond acceptors (Lipinski definition) is 2. The molecule has 0 fully saturated rings. The second kappa shape index (κ2) is 4.64. The lowest BCUT2D eigenvalue weighted by atomic mass is 9.85. The predicted molar refractivity (Wildman–Crippen MR) is 76.4 cm³/mol. The molecule has 1 aliphatic rings. The largest absolute Gasteiger partial charge is 0.314 e. The molecule has 0 bridgehead atoms. The van der Waals surface area contributed by atoms with E-state index in [4.69, 9.17) is 11.6 Å². The summed E-state index contributed by atoms with van der Waals surface area (Å²) in [6.45, 7) is 5.63. The smallest absolute Gasteiger partial charge is 0.137 e. The second-order valence-electron chi connectivity index (χ2n) is 6.09. The first-order chi connectivity index (χ1) is 9.03. The van der Waals surface area contributed by atoms with Gasteiger partial charge < -0.3 is 4.57 Å². The zero-order chi connectivity index (χ0) is 13.5. The van der Waals surface area contributed by atoms with Crippen LogP contribution >= 0.6 is 11.6 Å². The third-order valence-electron chi connectivity index (χ3n) is 3.79. The summed E-state index contributed by atoms with van der Waals surface area (Å²) >= 11 is 5.91. The summed E-state index contributed by atoms with van der Waals surface area (Å²) < 4.78 is 2.29. The van der Waals surface area contributed by atoms with Gasteiger partial charge in [-0.3, -0.25) is 0 Å². The normalized spacial score (nSPS) is 17.2. The van der Waals surface area contributed by atoms with Gasteiger partial charge in [0, 0.05) is 24.4 Å². The quantitative estimate of drug-likeness (QED) is 0.840. The number of benzene rings is 1. The van der Waals surface area contributed by atoms with Crippen molar-refractivity contribution < 1.29 is 0 Å². The Morgan fingerprint density at radius 3 is 2.68 bits per heavy atom. The van der Waals surface area contributed by atoms with Crippen LogP contribution in [-0.4, -0.2) is 14.8 Å². The lowest BCUT2D eigenvalue weighted by Gasteiger charge is -2.30. The van der Waals surface area contributed by atoms with Crippen molar-refractivity contribution in [1.29, 1.82) is 0 Å². The van der Waals surface area contributed by atoms with Gasteiger partial charge >= 0.3 is 0 Å². The van der Waals surface area contributed by atoms with Gasteiger partial charge in [0.15, 0.2) is 0 Å². The topological polar surface area (TPSA) is 30.7 Å². The van der Waals surface area contributed by atoms with Crippen LogP contribution in [-0.2, 0) is 19.4 Å². The number of fused-ring (bicyclic) bond motifs is 1. The van der Waals surface area contributed by atoms with E-state index in [0.29, 0.717) is 5.41 Å². The molecule has 1 aliphatic heterocycles. The number of aryl methyl sites for hydroxylation is 1. The van der Waals surface area contributed by atoms with Crippen molar-refractivity contribution in [3.8, 4) is 0 Å². The number of halogens is 1. The monoisotopic (exact) mass is 275 g/mol. The summed E-state index contributed by atoms with van der Waals surface area (Å²) in [7, 11) is 0. The molecule has 2 aromatic rings. The van der Waals surface area contributed by atoms with Crippen LogP contribution in [0.4, 0.5) is 0 Å². The highest BCUT2D eigenvalue weighted by molar-refractivity contribution is 6.30. The van der Waals surface area contributed by atoms with E-state index in [9.17, 15) is 0 Å². The Morgan fingerprint density at radius 1 is 1.21 bits per heavy atom. The molecule has 0 spiro atoms. The molecule has 0 N–H and O–H groups in total. The van der Waals surface area contributed by atoms with Crippen LogP contribution < -0.4 is 0 Å². The molecule has 2 heterocycles. The van der Waals surface area contributed by atoms with E-state index in [1.807, 2.05) is 12.1 Å². The van der Waals surface area contributed by atoms with Crippen LogP contribution in [0.3, 0.4) is 0 Å². The highest BCUT2D eigenvalue weighted by atomic mass is 35.5. The third-order valence-corrected chi connectivity index (χ3v) is 4.04. The van der Waals surface area contributed by atoms with Crippen LogP contribution in [0.2, 0.25) is 5.02 Å². The highest BCUT2D eigenvalue weighted by Crippen LogP contribution is 2.31. The van der Waals surface area contributed by atoms with Gasteiger partial charge in [0.2, 0.25) is 0 Å². The van der Waals surface area contributed by atoms with E-state index >= 15 is 0 Å². The number of nitrogens with zero attached hydrogens (tertiary/aromatic N) is 3. The van der Waals surface area contributed by atoms with Crippen molar-refractivity contribution >= 4 is 11.6 Å². The van der Waals surface area contributed by atoms with E-state index in [0.717, 1.165) is 36.1 Å². The van der Waals surface area contributed by atoms with E-state index < -0.39 is 0 Å². The fraction of sp³-hybridized carbons (Fsp3) is 0.467. The van der Waals surface area contributed by atoms with Gasteiger partial charge in [0.25, 0.3) is 0 Å². The number of hydrogen-bond donors (Lipinski definition) is 0. The molecule has 1 aromatic heterocycles. The predicted octanol–water partition coefficient (Wildman–Crippen LogP) is 3.49. The summed E-state index contributed by atoms with van der Waals surface area (Å²) in [6, 6.07) is 7.96. The average Bonchev–Trinajstić information content (AvgIpc) is 2.73. The van der Waals surface area contributed by atoms with E-state index in [2.05, 4.69) is 40.7 Å². The van der Waals surface area contributed by atoms with Crippen LogP contribution in [0.1, 0.15) is 37.5 Å². The van der Waals surface area contributed by atoms with Gasteiger partial charge in [-0.25, -0.2) is 0 Å². The fourth-order valence-electron chi connectivity index (χ4n) is 2.61. The van der Waals surface area contributed by atoms with Crippen LogP contribution in [0.15, 0.2) is 24.3 Å². The molecule has 0 saturated carbocycles. The minimum Gasteiger partial charge on any atom is -0.314 e. The molecule has 19 heavy (non-hydrogen) atoms. The second-order valence-corrected chi connectivity index (χ2v) is 6.52. The van der Waals surface area contributed by atoms with E-state index in [1.165, 1.54) is 12.0 Å². The van der Waals surface area contributed by atoms with Gasteiger partial charge in [0.1, 0.15) is 11.6 Å². The Bertz CT molecular complexity index is 584. The minimum atomic E-state index is 0.337. The Balaban J connectivity index is 1.87. The molecule has 4 heteroatoms. The van der Waals surface area contributed by atoms with Gasteiger partial charge in [0.05, 0.1) is 0 Å². The molecule has 0 amide bonds. The standard InChI is InChI=1S/C15H18ClN3/c1-15(2)8-7-13-17-18-14(19(13)10-15)9-11-3-5-12(16)6-4-11/h3-6H,7-10H2,1-2H3. The summed E-state index contributed by atoms with van der Waals surface area (Å²) in [6.07, 6.45) is 3.03. The Labute approximate surface area is 118 Å². The zero-order valence-corrected chi connectivity index (χ0v) is 12.1. The van der Waals surface area contributed by atoms with Crippen molar-refractivity contribution in [2.75, 3.05) is 0 Å². The molecule has 0 atom stereocenters. The first-order valence-corrected chi connectivity index (χ1v) is 7.07. The first-order valence-electron chi connectivity index (χ1n) is 6.69. The average molecular weight is 276 g/mol. The molecule has 3 nitrogen and oxygen atoms in total. The van der Waals surface area contributed by atoms with Crippen molar-refractivity contribution in [3.63, 3.8) is 0 Å². The lowest BCUT2D eigenvalue weighted by molar-refractivity contribution is 0.244. The summed E-state index contributed by atoms with van der Waals surface area (Å²) in [5, 5.41) is 9.46. The first kappa shape index (κ1) is 12.7. The number of aromatic nitrogens is 3. The Morgan fingerprint density at radius 2 is 1.95 bits per heavy atom. The molecule has 0 saturated heterocycles. The van der Waals surface area contributed by atoms with Gasteiger partial charge in [-0.05, 0) is 29.5 Å². The molecule has 0 aliphatic carbocycles. The van der Waals surface area contributed by atoms with E-state index in [-0.39, 0.29) is 0 Å². The van der Waals surface area contributed by atoms with Gasteiger partial charge in [-0.15, -0.1) is 10.2 Å². The molecule has 0 radical (unpaired) electrons. The van der Waals surface area contributed by atoms with Crippen molar-refractivity contribution in [3.05, 3.63) is 46.5 Å². The van der Waals surface area contributed by atoms with Crippen molar-refractivity contribution in [2.45, 2.75) is 39.7 Å². The molecule has 100 valence electrons. The zero-order valence-electron chi connectivity index (χ0n) is 11.4. The SMILES string of the molecule is CC1(C)CCc2nnc(Cc3ccc(Cl)cc3)n2C1. The highest BCUT2D eigenvalue weighted by Gasteiger charge is 2.28. The molecular weight excluding hydrogens is 258 g/mol. The van der Waals surface area contributed by atoms with Crippen LogP contribution in [0, 0.1) is 5.41 Å². The summed E-state index contributed by atoms with van der Waals surface area (Å²) in [5.74, 6) is 2.19. The maximum absolute atomic E-state index is 5.91. The van der Waals surface area contributed by atoms with E-state index in [1.54, 1.807) is 0 Å². The van der Waals surface area contributed by atoms with Crippen molar-refractivity contribution in [2.24, 2.45) is 5.41 Å². The molecular formula is C15H18ClN3.